The van der Waals surface area contributed by atoms with Gasteiger partial charge in [-0.1, -0.05) is 37.6 Å². The van der Waals surface area contributed by atoms with Crippen molar-refractivity contribution in [2.45, 2.75) is 36.6 Å². The number of nitrogens with one attached hydrogen (secondary N) is 1. The maximum Gasteiger partial charge on any atom is 0.258 e. The van der Waals surface area contributed by atoms with E-state index in [9.17, 15) is 13.2 Å². The van der Waals surface area contributed by atoms with Gasteiger partial charge in [0.25, 0.3) is 5.91 Å². The highest BCUT2D eigenvalue weighted by molar-refractivity contribution is 7.98. The third-order valence-corrected chi connectivity index (χ3v) is 7.63. The normalized spacial score (nSPS) is 12.6. The molecule has 0 aliphatic rings. The Balaban J connectivity index is 2.10. The molecule has 0 fully saturated rings. The Bertz CT molecular complexity index is 961. The Hall–Kier alpha value is -1.74. The predicted molar refractivity (Wildman–Crippen MR) is 122 cm³/mol. The van der Waals surface area contributed by atoms with Gasteiger partial charge in [0.1, 0.15) is 10.6 Å². The van der Waals surface area contributed by atoms with Gasteiger partial charge in [0.05, 0.1) is 6.04 Å². The van der Waals surface area contributed by atoms with Crippen LogP contribution in [0.4, 0.5) is 0 Å². The van der Waals surface area contributed by atoms with Crippen LogP contribution >= 0.6 is 23.4 Å². The van der Waals surface area contributed by atoms with Gasteiger partial charge in [-0.2, -0.15) is 4.31 Å². The molecule has 2 aromatic carbocycles. The fraction of sp³-hybridized carbons (Fsp3) is 0.381. The van der Waals surface area contributed by atoms with Crippen molar-refractivity contribution in [3.63, 3.8) is 0 Å². The second kappa shape index (κ2) is 11.0. The van der Waals surface area contributed by atoms with Crippen molar-refractivity contribution in [1.82, 2.24) is 9.62 Å². The Morgan fingerprint density at radius 1 is 1.17 bits per heavy atom. The summed E-state index contributed by atoms with van der Waals surface area (Å²) in [4.78, 5) is 13.5. The SMILES string of the molecule is CCN(CC)S(=O)(=O)c1cc(Cl)ccc1OCC(=O)N[C@H](C)c1ccc(SC)cc1. The van der Waals surface area contributed by atoms with E-state index in [1.165, 1.54) is 22.5 Å². The van der Waals surface area contributed by atoms with Crippen LogP contribution in [0.3, 0.4) is 0 Å². The van der Waals surface area contributed by atoms with Gasteiger partial charge in [-0.25, -0.2) is 8.42 Å². The third kappa shape index (κ3) is 6.14. The molecule has 0 aliphatic carbocycles. The van der Waals surface area contributed by atoms with E-state index >= 15 is 0 Å². The molecule has 0 aliphatic heterocycles. The van der Waals surface area contributed by atoms with Gasteiger partial charge in [-0.3, -0.25) is 4.79 Å². The quantitative estimate of drug-likeness (QED) is 0.522. The van der Waals surface area contributed by atoms with Crippen LogP contribution in [0.15, 0.2) is 52.3 Å². The van der Waals surface area contributed by atoms with Gasteiger partial charge in [-0.15, -0.1) is 11.8 Å². The number of amides is 1. The van der Waals surface area contributed by atoms with E-state index in [0.29, 0.717) is 13.1 Å². The van der Waals surface area contributed by atoms with Gasteiger partial charge in [0.15, 0.2) is 6.61 Å². The van der Waals surface area contributed by atoms with Crippen LogP contribution in [0, 0.1) is 0 Å². The van der Waals surface area contributed by atoms with Crippen LogP contribution in [0.1, 0.15) is 32.4 Å². The molecule has 0 radical (unpaired) electrons. The molecule has 0 bridgehead atoms. The number of carbonyl (C=O) groups is 1. The van der Waals surface area contributed by atoms with Crippen molar-refractivity contribution in [2.75, 3.05) is 26.0 Å². The number of hydrogen-bond acceptors (Lipinski definition) is 5. The van der Waals surface area contributed by atoms with Crippen molar-refractivity contribution in [3.05, 3.63) is 53.1 Å². The van der Waals surface area contributed by atoms with Crippen molar-refractivity contribution >= 4 is 39.3 Å². The van der Waals surface area contributed by atoms with Crippen LogP contribution in [0.2, 0.25) is 5.02 Å². The molecule has 2 rings (SSSR count). The second-order valence-electron chi connectivity index (χ2n) is 6.53. The van der Waals surface area contributed by atoms with Crippen molar-refractivity contribution < 1.29 is 17.9 Å². The number of ether oxygens (including phenoxy) is 1. The van der Waals surface area contributed by atoms with Gasteiger partial charge in [-0.05, 0) is 49.1 Å². The molecule has 0 spiro atoms. The van der Waals surface area contributed by atoms with Crippen LogP contribution in [-0.2, 0) is 14.8 Å². The van der Waals surface area contributed by atoms with Crippen LogP contribution < -0.4 is 10.1 Å². The number of benzene rings is 2. The first-order valence-electron chi connectivity index (χ1n) is 9.58. The first kappa shape index (κ1) is 24.5. The Morgan fingerprint density at radius 2 is 1.80 bits per heavy atom. The van der Waals surface area contributed by atoms with E-state index in [1.54, 1.807) is 25.6 Å². The zero-order valence-corrected chi connectivity index (χ0v) is 19.9. The molecule has 164 valence electrons. The molecule has 9 heteroatoms. The molecule has 30 heavy (non-hydrogen) atoms. The standard InChI is InChI=1S/C21H27ClN2O4S2/c1-5-24(6-2)30(26,27)20-13-17(22)9-12-19(20)28-14-21(25)23-15(3)16-7-10-18(29-4)11-8-16/h7-13,15H,5-6,14H2,1-4H3,(H,23,25)/t15-/m1/s1. The maximum atomic E-state index is 12.9. The Morgan fingerprint density at radius 3 is 2.37 bits per heavy atom. The fourth-order valence-corrected chi connectivity index (χ4v) is 5.17. The zero-order chi connectivity index (χ0) is 22.3. The predicted octanol–water partition coefficient (Wildman–Crippen LogP) is 4.35. The minimum atomic E-state index is -3.78. The first-order valence-corrected chi connectivity index (χ1v) is 12.6. The smallest absolute Gasteiger partial charge is 0.258 e. The summed E-state index contributed by atoms with van der Waals surface area (Å²) < 4.78 is 32.7. The molecule has 1 atom stereocenters. The van der Waals surface area contributed by atoms with Gasteiger partial charge in [0, 0.05) is 23.0 Å². The van der Waals surface area contributed by atoms with E-state index < -0.39 is 10.0 Å². The molecule has 0 saturated heterocycles. The topological polar surface area (TPSA) is 75.7 Å². The summed E-state index contributed by atoms with van der Waals surface area (Å²) in [5.41, 5.74) is 0.970. The Labute approximate surface area is 188 Å². The summed E-state index contributed by atoms with van der Waals surface area (Å²) in [7, 11) is -3.78. The molecule has 2 aromatic rings. The van der Waals surface area contributed by atoms with Crippen LogP contribution in [-0.4, -0.2) is 44.6 Å². The summed E-state index contributed by atoms with van der Waals surface area (Å²) in [6, 6.07) is 12.1. The zero-order valence-electron chi connectivity index (χ0n) is 17.5. The number of carbonyl (C=O) groups excluding carboxylic acids is 1. The molecule has 0 heterocycles. The maximum absolute atomic E-state index is 12.9. The number of hydrogen-bond donors (Lipinski definition) is 1. The summed E-state index contributed by atoms with van der Waals surface area (Å²) in [5.74, 6) is -0.254. The molecule has 0 unspecified atom stereocenters. The second-order valence-corrected chi connectivity index (χ2v) is 9.75. The third-order valence-electron chi connectivity index (χ3n) is 4.58. The molecule has 1 N–H and O–H groups in total. The number of nitrogens with zero attached hydrogens (tertiary/aromatic N) is 1. The molecule has 1 amide bonds. The molecule has 0 saturated carbocycles. The monoisotopic (exact) mass is 470 g/mol. The van der Waals surface area contributed by atoms with E-state index in [0.717, 1.165) is 10.5 Å². The fourth-order valence-electron chi connectivity index (χ4n) is 2.91. The minimum absolute atomic E-state index is 0.0489. The lowest BCUT2D eigenvalue weighted by atomic mass is 10.1. The highest BCUT2D eigenvalue weighted by Gasteiger charge is 2.26. The lowest BCUT2D eigenvalue weighted by Crippen LogP contribution is -2.33. The first-order chi connectivity index (χ1) is 14.2. The molecule has 6 nitrogen and oxygen atoms in total. The van der Waals surface area contributed by atoms with Gasteiger partial charge < -0.3 is 10.1 Å². The van der Waals surface area contributed by atoms with Crippen molar-refractivity contribution in [1.29, 1.82) is 0 Å². The number of sulfonamides is 1. The van der Waals surface area contributed by atoms with Crippen LogP contribution in [0.25, 0.3) is 0 Å². The van der Waals surface area contributed by atoms with E-state index in [2.05, 4.69) is 5.32 Å². The van der Waals surface area contributed by atoms with Crippen molar-refractivity contribution in [3.8, 4) is 5.75 Å². The summed E-state index contributed by atoms with van der Waals surface area (Å²) >= 11 is 7.66. The van der Waals surface area contributed by atoms with Gasteiger partial charge >= 0.3 is 0 Å². The summed E-state index contributed by atoms with van der Waals surface area (Å²) in [5, 5.41) is 3.14. The summed E-state index contributed by atoms with van der Waals surface area (Å²) in [6.45, 7) is 5.72. The minimum Gasteiger partial charge on any atom is -0.482 e. The highest BCUT2D eigenvalue weighted by Crippen LogP contribution is 2.30. The lowest BCUT2D eigenvalue weighted by Gasteiger charge is -2.21. The van der Waals surface area contributed by atoms with Crippen LogP contribution in [0.5, 0.6) is 5.75 Å². The average molecular weight is 471 g/mol. The number of thioether (sulfide) groups is 1. The average Bonchev–Trinajstić information content (AvgIpc) is 2.73. The highest BCUT2D eigenvalue weighted by atomic mass is 35.5. The molecular weight excluding hydrogens is 444 g/mol. The number of rotatable bonds is 10. The van der Waals surface area contributed by atoms with E-state index in [-0.39, 0.29) is 34.2 Å². The summed E-state index contributed by atoms with van der Waals surface area (Å²) in [6.07, 6.45) is 2.00. The molecular formula is C21H27ClN2O4S2. The van der Waals surface area contributed by atoms with E-state index in [1.807, 2.05) is 37.4 Å². The lowest BCUT2D eigenvalue weighted by molar-refractivity contribution is -0.123. The molecule has 0 aromatic heterocycles. The Kier molecular flexibility index (Phi) is 9.03. The largest absolute Gasteiger partial charge is 0.482 e. The van der Waals surface area contributed by atoms with E-state index in [4.69, 9.17) is 16.3 Å². The van der Waals surface area contributed by atoms with Gasteiger partial charge in [0.2, 0.25) is 10.0 Å². The number of halogens is 1. The van der Waals surface area contributed by atoms with Crippen molar-refractivity contribution in [2.24, 2.45) is 0 Å².